The van der Waals surface area contributed by atoms with Gasteiger partial charge in [0.2, 0.25) is 5.56 Å². The molecule has 7 nitrogen and oxygen atoms in total. The van der Waals surface area contributed by atoms with Gasteiger partial charge in [0.05, 0.1) is 11.6 Å². The van der Waals surface area contributed by atoms with Crippen LogP contribution in [0.4, 0.5) is 0 Å². The minimum absolute atomic E-state index is 0.0982. The van der Waals surface area contributed by atoms with Crippen molar-refractivity contribution in [2.75, 3.05) is 6.54 Å². The Bertz CT molecular complexity index is 992. The van der Waals surface area contributed by atoms with Gasteiger partial charge in [-0.05, 0) is 25.8 Å². The third kappa shape index (κ3) is 2.92. The highest BCUT2D eigenvalue weighted by molar-refractivity contribution is 5.95. The van der Waals surface area contributed by atoms with Crippen LogP contribution in [-0.2, 0) is 0 Å². The molecule has 2 N–H and O–H groups in total. The first-order valence-corrected chi connectivity index (χ1v) is 8.62. The Hall–Kier alpha value is -3.22. The average molecular weight is 349 g/mol. The van der Waals surface area contributed by atoms with Crippen molar-refractivity contribution in [3.8, 4) is 11.4 Å². The molecule has 0 radical (unpaired) electrons. The van der Waals surface area contributed by atoms with Gasteiger partial charge in [-0.2, -0.15) is 5.10 Å². The van der Waals surface area contributed by atoms with E-state index < -0.39 is 0 Å². The van der Waals surface area contributed by atoms with E-state index >= 15 is 0 Å². The van der Waals surface area contributed by atoms with Crippen molar-refractivity contribution < 1.29 is 4.79 Å². The van der Waals surface area contributed by atoms with E-state index in [9.17, 15) is 9.59 Å². The number of nitrogens with zero attached hydrogens (tertiary/aromatic N) is 3. The van der Waals surface area contributed by atoms with E-state index in [1.54, 1.807) is 17.9 Å². The molecule has 3 heterocycles. The molecule has 1 fully saturated rings. The molecule has 3 aromatic rings. The summed E-state index contributed by atoms with van der Waals surface area (Å²) >= 11 is 0. The number of rotatable bonds is 3. The van der Waals surface area contributed by atoms with Gasteiger partial charge in [-0.1, -0.05) is 30.3 Å². The Balaban J connectivity index is 1.62. The Morgan fingerprint density at radius 2 is 2.00 bits per heavy atom. The molecular formula is C19H19N5O2. The minimum atomic E-state index is -0.209. The van der Waals surface area contributed by atoms with Gasteiger partial charge in [0.15, 0.2) is 5.82 Å². The Labute approximate surface area is 150 Å². The molecule has 0 saturated carbocycles. The van der Waals surface area contributed by atoms with E-state index in [2.05, 4.69) is 20.2 Å². The van der Waals surface area contributed by atoms with Crippen LogP contribution in [0.3, 0.4) is 0 Å². The molecule has 0 aliphatic carbocycles. The summed E-state index contributed by atoms with van der Waals surface area (Å²) in [6.45, 7) is 2.39. The molecule has 1 amide bonds. The normalized spacial score (nSPS) is 16.8. The van der Waals surface area contributed by atoms with Crippen molar-refractivity contribution in [1.29, 1.82) is 0 Å². The number of likely N-dealkylation sites (tertiary alicyclic amines) is 1. The SMILES string of the molecule is Cc1[nH]c(=O)ccc1C(=O)N1CCC[C@H]1c1nc(-c2ccccc2)n[nH]1. The number of hydrogen-bond acceptors (Lipinski definition) is 4. The van der Waals surface area contributed by atoms with Gasteiger partial charge in [0.25, 0.3) is 5.91 Å². The van der Waals surface area contributed by atoms with Gasteiger partial charge in [0.1, 0.15) is 5.82 Å². The third-order valence-electron chi connectivity index (χ3n) is 4.71. The molecule has 1 saturated heterocycles. The number of H-pyrrole nitrogens is 2. The average Bonchev–Trinajstić information content (AvgIpc) is 3.31. The highest BCUT2D eigenvalue weighted by Crippen LogP contribution is 2.32. The minimum Gasteiger partial charge on any atom is -0.328 e. The van der Waals surface area contributed by atoms with E-state index in [1.807, 2.05) is 30.3 Å². The molecule has 1 aliphatic rings. The van der Waals surface area contributed by atoms with E-state index in [0.717, 1.165) is 18.4 Å². The predicted octanol–water partition coefficient (Wildman–Crippen LogP) is 2.45. The highest BCUT2D eigenvalue weighted by atomic mass is 16.2. The van der Waals surface area contributed by atoms with Gasteiger partial charge < -0.3 is 9.88 Å². The predicted molar refractivity (Wildman–Crippen MR) is 96.6 cm³/mol. The summed E-state index contributed by atoms with van der Waals surface area (Å²) < 4.78 is 0. The van der Waals surface area contributed by atoms with Crippen LogP contribution in [0, 0.1) is 6.92 Å². The van der Waals surface area contributed by atoms with E-state index in [1.165, 1.54) is 6.07 Å². The number of nitrogens with one attached hydrogen (secondary N) is 2. The zero-order chi connectivity index (χ0) is 18.1. The van der Waals surface area contributed by atoms with Crippen LogP contribution < -0.4 is 5.56 Å². The molecule has 0 spiro atoms. The molecule has 26 heavy (non-hydrogen) atoms. The molecule has 0 unspecified atom stereocenters. The second-order valence-electron chi connectivity index (χ2n) is 6.43. The maximum absolute atomic E-state index is 13.0. The topological polar surface area (TPSA) is 94.7 Å². The molecule has 7 heteroatoms. The van der Waals surface area contributed by atoms with Crippen molar-refractivity contribution in [1.82, 2.24) is 25.1 Å². The lowest BCUT2D eigenvalue weighted by Crippen LogP contribution is -2.32. The number of aromatic nitrogens is 4. The molecule has 4 rings (SSSR count). The first-order valence-electron chi connectivity index (χ1n) is 8.62. The molecule has 0 bridgehead atoms. The number of carbonyl (C=O) groups is 1. The third-order valence-corrected chi connectivity index (χ3v) is 4.71. The highest BCUT2D eigenvalue weighted by Gasteiger charge is 2.33. The number of aryl methyl sites for hydroxylation is 1. The first kappa shape index (κ1) is 16.3. The zero-order valence-corrected chi connectivity index (χ0v) is 14.4. The fourth-order valence-electron chi connectivity index (χ4n) is 3.40. The first-order chi connectivity index (χ1) is 12.6. The van der Waals surface area contributed by atoms with Crippen LogP contribution in [-0.4, -0.2) is 37.5 Å². The standard InChI is InChI=1S/C19H19N5O2/c1-12-14(9-10-16(25)20-12)19(26)24-11-5-8-15(24)18-21-17(22-23-18)13-6-3-2-4-7-13/h2-4,6-7,9-10,15H,5,8,11H2,1H3,(H,20,25)(H,21,22,23)/t15-/m0/s1. The summed E-state index contributed by atoms with van der Waals surface area (Å²) in [5.74, 6) is 1.22. The van der Waals surface area contributed by atoms with E-state index in [4.69, 9.17) is 0 Å². The number of aromatic amines is 2. The summed E-state index contributed by atoms with van der Waals surface area (Å²) in [6.07, 6.45) is 1.73. The second kappa shape index (κ2) is 6.59. The van der Waals surface area contributed by atoms with Crippen molar-refractivity contribution in [3.05, 3.63) is 69.9 Å². The molecule has 132 valence electrons. The van der Waals surface area contributed by atoms with Crippen molar-refractivity contribution in [3.63, 3.8) is 0 Å². The molecule has 1 aromatic carbocycles. The fourth-order valence-corrected chi connectivity index (χ4v) is 3.40. The zero-order valence-electron chi connectivity index (χ0n) is 14.4. The summed E-state index contributed by atoms with van der Waals surface area (Å²) in [5.41, 5.74) is 1.82. The van der Waals surface area contributed by atoms with Crippen molar-refractivity contribution >= 4 is 5.91 Å². The fraction of sp³-hybridized carbons (Fsp3) is 0.263. The van der Waals surface area contributed by atoms with Gasteiger partial charge in [-0.3, -0.25) is 14.7 Å². The Morgan fingerprint density at radius 1 is 1.19 bits per heavy atom. The molecule has 1 aliphatic heterocycles. The number of pyridine rings is 1. The van der Waals surface area contributed by atoms with Crippen molar-refractivity contribution in [2.45, 2.75) is 25.8 Å². The van der Waals surface area contributed by atoms with Gasteiger partial charge in [-0.25, -0.2) is 4.98 Å². The maximum atomic E-state index is 13.0. The lowest BCUT2D eigenvalue weighted by molar-refractivity contribution is 0.0729. The summed E-state index contributed by atoms with van der Waals surface area (Å²) in [4.78, 5) is 33.5. The summed E-state index contributed by atoms with van der Waals surface area (Å²) in [5, 5.41) is 7.30. The second-order valence-corrected chi connectivity index (χ2v) is 6.43. The van der Waals surface area contributed by atoms with Crippen LogP contribution in [0.5, 0.6) is 0 Å². The largest absolute Gasteiger partial charge is 0.328 e. The van der Waals surface area contributed by atoms with Crippen LogP contribution in [0.1, 0.15) is 40.8 Å². The molecule has 1 atom stereocenters. The quantitative estimate of drug-likeness (QED) is 0.759. The molecular weight excluding hydrogens is 330 g/mol. The monoisotopic (exact) mass is 349 g/mol. The maximum Gasteiger partial charge on any atom is 0.256 e. The van der Waals surface area contributed by atoms with Crippen molar-refractivity contribution in [2.24, 2.45) is 0 Å². The van der Waals surface area contributed by atoms with Crippen LogP contribution in [0.15, 0.2) is 47.3 Å². The van der Waals surface area contributed by atoms with Crippen LogP contribution >= 0.6 is 0 Å². The number of hydrogen-bond donors (Lipinski definition) is 2. The number of amides is 1. The van der Waals surface area contributed by atoms with Gasteiger partial charge in [0, 0.05) is 23.9 Å². The van der Waals surface area contributed by atoms with E-state index in [0.29, 0.717) is 29.5 Å². The van der Waals surface area contributed by atoms with Crippen LogP contribution in [0.2, 0.25) is 0 Å². The Morgan fingerprint density at radius 3 is 2.77 bits per heavy atom. The number of benzene rings is 1. The smallest absolute Gasteiger partial charge is 0.256 e. The lowest BCUT2D eigenvalue weighted by Gasteiger charge is -2.23. The summed E-state index contributed by atoms with van der Waals surface area (Å²) in [7, 11) is 0. The Kier molecular flexibility index (Phi) is 4.12. The van der Waals surface area contributed by atoms with E-state index in [-0.39, 0.29) is 17.5 Å². The number of carbonyl (C=O) groups excluding carboxylic acids is 1. The lowest BCUT2D eigenvalue weighted by atomic mass is 10.1. The molecule has 2 aromatic heterocycles. The van der Waals surface area contributed by atoms with Gasteiger partial charge >= 0.3 is 0 Å². The van der Waals surface area contributed by atoms with Gasteiger partial charge in [-0.15, -0.1) is 0 Å². The van der Waals surface area contributed by atoms with Crippen LogP contribution in [0.25, 0.3) is 11.4 Å². The summed E-state index contributed by atoms with van der Waals surface area (Å²) in [6, 6.07) is 12.6.